The van der Waals surface area contributed by atoms with Crippen molar-refractivity contribution in [2.45, 2.75) is 33.3 Å². The molecular formula is C18H30N2O3. The lowest BCUT2D eigenvalue weighted by Crippen LogP contribution is -2.33. The molecule has 23 heavy (non-hydrogen) atoms. The minimum Gasteiger partial charge on any atom is -0.491 e. The smallest absolute Gasteiger partial charge is 0.159 e. The van der Waals surface area contributed by atoms with E-state index in [0.717, 1.165) is 32.6 Å². The van der Waals surface area contributed by atoms with E-state index in [-0.39, 0.29) is 12.4 Å². The van der Waals surface area contributed by atoms with Crippen molar-refractivity contribution in [2.24, 2.45) is 0 Å². The van der Waals surface area contributed by atoms with Crippen LogP contribution in [0.15, 0.2) is 24.3 Å². The summed E-state index contributed by atoms with van der Waals surface area (Å²) in [4.78, 5) is 13.6. The topological polar surface area (TPSA) is 61.8 Å². The molecule has 0 aromatic heterocycles. The van der Waals surface area contributed by atoms with Crippen LogP contribution in [0.3, 0.4) is 0 Å². The van der Waals surface area contributed by atoms with Crippen LogP contribution in [0.5, 0.6) is 5.75 Å². The van der Waals surface area contributed by atoms with Crippen LogP contribution in [-0.2, 0) is 0 Å². The molecule has 5 heteroatoms. The van der Waals surface area contributed by atoms with E-state index in [2.05, 4.69) is 24.1 Å². The number of hydrogen-bond acceptors (Lipinski definition) is 5. The summed E-state index contributed by atoms with van der Waals surface area (Å²) in [5, 5.41) is 13.1. The number of aliphatic hydroxyl groups is 1. The van der Waals surface area contributed by atoms with Crippen molar-refractivity contribution in [3.63, 3.8) is 0 Å². The first kappa shape index (κ1) is 19.6. The monoisotopic (exact) mass is 322 g/mol. The lowest BCUT2D eigenvalue weighted by Gasteiger charge is -2.18. The number of hydrogen-bond donors (Lipinski definition) is 2. The highest BCUT2D eigenvalue weighted by Gasteiger charge is 2.06. The largest absolute Gasteiger partial charge is 0.491 e. The Morgan fingerprint density at radius 2 is 1.91 bits per heavy atom. The van der Waals surface area contributed by atoms with E-state index in [1.54, 1.807) is 24.3 Å². The number of ether oxygens (including phenoxy) is 1. The molecule has 0 heterocycles. The summed E-state index contributed by atoms with van der Waals surface area (Å²) in [7, 11) is 0. The van der Waals surface area contributed by atoms with Crippen LogP contribution in [-0.4, -0.2) is 61.2 Å². The Bertz CT molecular complexity index is 444. The van der Waals surface area contributed by atoms with Gasteiger partial charge >= 0.3 is 0 Å². The summed E-state index contributed by atoms with van der Waals surface area (Å²) in [6.07, 6.45) is 0.526. The highest BCUT2D eigenvalue weighted by atomic mass is 16.5. The van der Waals surface area contributed by atoms with Gasteiger partial charge in [-0.15, -0.1) is 0 Å². The second kappa shape index (κ2) is 11.2. The number of aliphatic hydroxyl groups excluding tert-OH is 1. The predicted octanol–water partition coefficient (Wildman–Crippen LogP) is 1.95. The fraction of sp³-hybridized carbons (Fsp3) is 0.611. The number of Topliss-reactive ketones (excluding diaryl/α,β-unsaturated/α-hetero) is 1. The van der Waals surface area contributed by atoms with Crippen LogP contribution in [0.4, 0.5) is 0 Å². The number of ketones is 1. The zero-order chi connectivity index (χ0) is 17.1. The number of nitrogens with one attached hydrogen (secondary N) is 1. The van der Waals surface area contributed by atoms with Gasteiger partial charge in [0, 0.05) is 12.1 Å². The maximum Gasteiger partial charge on any atom is 0.159 e. The molecule has 1 aromatic rings. The van der Waals surface area contributed by atoms with Gasteiger partial charge in [-0.3, -0.25) is 4.79 Å². The Balaban J connectivity index is 2.14. The zero-order valence-corrected chi connectivity index (χ0v) is 14.5. The van der Waals surface area contributed by atoms with Crippen LogP contribution in [0.2, 0.25) is 0 Å². The van der Waals surface area contributed by atoms with E-state index < -0.39 is 6.10 Å². The molecule has 0 aliphatic rings. The number of carbonyl (C=O) groups is 1. The Morgan fingerprint density at radius 1 is 1.26 bits per heavy atom. The van der Waals surface area contributed by atoms with Crippen LogP contribution >= 0.6 is 0 Å². The molecule has 5 nitrogen and oxygen atoms in total. The molecule has 0 saturated carbocycles. The zero-order valence-electron chi connectivity index (χ0n) is 14.5. The molecule has 0 aliphatic carbocycles. The highest BCUT2D eigenvalue weighted by Crippen LogP contribution is 2.12. The third-order valence-corrected chi connectivity index (χ3v) is 3.81. The quantitative estimate of drug-likeness (QED) is 0.455. The van der Waals surface area contributed by atoms with E-state index >= 15 is 0 Å². The van der Waals surface area contributed by atoms with Crippen LogP contribution in [0, 0.1) is 0 Å². The number of nitrogens with zero attached hydrogens (tertiary/aromatic N) is 1. The molecule has 0 saturated heterocycles. The average Bonchev–Trinajstić information content (AvgIpc) is 2.56. The van der Waals surface area contributed by atoms with Gasteiger partial charge < -0.3 is 20.1 Å². The molecular weight excluding hydrogens is 292 g/mol. The van der Waals surface area contributed by atoms with Gasteiger partial charge in [0.1, 0.15) is 18.5 Å². The molecule has 0 spiro atoms. The second-order valence-corrected chi connectivity index (χ2v) is 5.63. The van der Waals surface area contributed by atoms with Gasteiger partial charge in [0.25, 0.3) is 0 Å². The first-order chi connectivity index (χ1) is 11.1. The van der Waals surface area contributed by atoms with E-state index in [0.29, 0.717) is 17.9 Å². The van der Waals surface area contributed by atoms with E-state index in [9.17, 15) is 9.90 Å². The summed E-state index contributed by atoms with van der Waals surface area (Å²) in [5.74, 6) is 0.695. The van der Waals surface area contributed by atoms with Gasteiger partial charge in [-0.2, -0.15) is 0 Å². The average molecular weight is 322 g/mol. The number of benzene rings is 1. The van der Waals surface area contributed by atoms with Gasteiger partial charge in [0.05, 0.1) is 0 Å². The maximum atomic E-state index is 11.2. The van der Waals surface area contributed by atoms with Crippen LogP contribution < -0.4 is 10.1 Å². The maximum absolute atomic E-state index is 11.2. The van der Waals surface area contributed by atoms with E-state index in [1.165, 1.54) is 6.92 Å². The van der Waals surface area contributed by atoms with Crippen LogP contribution in [0.1, 0.15) is 37.6 Å². The van der Waals surface area contributed by atoms with Gasteiger partial charge in [-0.1, -0.05) is 13.8 Å². The third-order valence-electron chi connectivity index (χ3n) is 3.81. The fourth-order valence-electron chi connectivity index (χ4n) is 2.27. The van der Waals surface area contributed by atoms with Crippen LogP contribution in [0.25, 0.3) is 0 Å². The molecule has 0 fully saturated rings. The lowest BCUT2D eigenvalue weighted by atomic mass is 10.1. The van der Waals surface area contributed by atoms with Gasteiger partial charge in [0.15, 0.2) is 5.78 Å². The summed E-state index contributed by atoms with van der Waals surface area (Å²) in [5.41, 5.74) is 0.660. The molecule has 1 unspecified atom stereocenters. The first-order valence-electron chi connectivity index (χ1n) is 8.41. The summed E-state index contributed by atoms with van der Waals surface area (Å²) < 4.78 is 5.52. The third kappa shape index (κ3) is 8.11. The van der Waals surface area contributed by atoms with E-state index in [4.69, 9.17) is 4.74 Å². The Hall–Kier alpha value is -1.43. The Morgan fingerprint density at radius 3 is 2.48 bits per heavy atom. The molecule has 1 aromatic carbocycles. The van der Waals surface area contributed by atoms with Crippen molar-refractivity contribution in [3.8, 4) is 5.75 Å². The fourth-order valence-corrected chi connectivity index (χ4v) is 2.27. The molecule has 0 amide bonds. The molecule has 0 aliphatic heterocycles. The Kier molecular flexibility index (Phi) is 9.52. The Labute approximate surface area is 139 Å². The van der Waals surface area contributed by atoms with Crippen molar-refractivity contribution in [1.29, 1.82) is 0 Å². The number of rotatable bonds is 12. The first-order valence-corrected chi connectivity index (χ1v) is 8.41. The molecule has 130 valence electrons. The predicted molar refractivity (Wildman–Crippen MR) is 93.2 cm³/mol. The molecule has 0 bridgehead atoms. The lowest BCUT2D eigenvalue weighted by molar-refractivity contribution is 0.101. The minimum atomic E-state index is -0.545. The second-order valence-electron chi connectivity index (χ2n) is 5.63. The molecule has 2 N–H and O–H groups in total. The van der Waals surface area contributed by atoms with Crippen molar-refractivity contribution in [2.75, 3.05) is 39.3 Å². The standard InChI is InChI=1S/C18H30N2O3/c1-4-20(5-2)12-6-11-19-13-17(22)14-23-18-9-7-16(8-10-18)15(3)21/h7-10,17,19,22H,4-6,11-14H2,1-3H3. The number of carbonyl (C=O) groups excluding carboxylic acids is 1. The van der Waals surface area contributed by atoms with Crippen molar-refractivity contribution in [3.05, 3.63) is 29.8 Å². The van der Waals surface area contributed by atoms with Gasteiger partial charge in [-0.25, -0.2) is 0 Å². The van der Waals surface area contributed by atoms with Gasteiger partial charge in [0.2, 0.25) is 0 Å². The summed E-state index contributed by atoms with van der Waals surface area (Å²) in [6.45, 7) is 10.8. The minimum absolute atomic E-state index is 0.0329. The molecule has 1 rings (SSSR count). The molecule has 1 atom stereocenters. The highest BCUT2D eigenvalue weighted by molar-refractivity contribution is 5.94. The SMILES string of the molecule is CCN(CC)CCCNCC(O)COc1ccc(C(C)=O)cc1. The van der Waals surface area contributed by atoms with Gasteiger partial charge in [-0.05, 0) is 63.8 Å². The summed E-state index contributed by atoms with van der Waals surface area (Å²) in [6, 6.07) is 6.97. The normalized spacial score (nSPS) is 12.4. The molecule has 0 radical (unpaired) electrons. The van der Waals surface area contributed by atoms with Crippen molar-refractivity contribution in [1.82, 2.24) is 10.2 Å². The van der Waals surface area contributed by atoms with E-state index in [1.807, 2.05) is 0 Å². The summed E-state index contributed by atoms with van der Waals surface area (Å²) >= 11 is 0. The van der Waals surface area contributed by atoms with Crippen molar-refractivity contribution < 1.29 is 14.6 Å². The van der Waals surface area contributed by atoms with Crippen molar-refractivity contribution >= 4 is 5.78 Å².